The number of aromatic nitrogens is 1. The topological polar surface area (TPSA) is 51.7 Å². The van der Waals surface area contributed by atoms with Gasteiger partial charge in [0.15, 0.2) is 18.1 Å². The summed E-state index contributed by atoms with van der Waals surface area (Å²) >= 11 is 1.67. The van der Waals surface area contributed by atoms with Gasteiger partial charge in [-0.15, -0.1) is 11.3 Å². The quantitative estimate of drug-likeness (QED) is 0.571. The lowest BCUT2D eigenvalue weighted by molar-refractivity contribution is -0.134. The number of ether oxygens (including phenoxy) is 2. The van der Waals surface area contributed by atoms with Gasteiger partial charge in [-0.25, -0.2) is 4.98 Å². The molecule has 4 rings (SSSR count). The Morgan fingerprint density at radius 2 is 2.14 bits per heavy atom. The zero-order valence-corrected chi connectivity index (χ0v) is 17.4. The maximum absolute atomic E-state index is 12.9. The van der Waals surface area contributed by atoms with Crippen LogP contribution in [0.2, 0.25) is 0 Å². The van der Waals surface area contributed by atoms with Crippen LogP contribution in [0.25, 0.3) is 16.3 Å². The van der Waals surface area contributed by atoms with Gasteiger partial charge >= 0.3 is 0 Å². The smallest absolute Gasteiger partial charge is 0.261 e. The third-order valence-electron chi connectivity index (χ3n) is 5.07. The third kappa shape index (κ3) is 4.12. The number of thiazole rings is 1. The van der Waals surface area contributed by atoms with E-state index in [0.29, 0.717) is 11.5 Å². The molecule has 29 heavy (non-hydrogen) atoms. The number of rotatable bonds is 6. The Bertz CT molecular complexity index is 1010. The fourth-order valence-electron chi connectivity index (χ4n) is 3.68. The SMILES string of the molecule is C/C=C/c1ccc(OCC(=O)N2CCCC2c2nc3ccccc3s2)c(OC)c1. The number of amides is 1. The van der Waals surface area contributed by atoms with E-state index >= 15 is 0 Å². The monoisotopic (exact) mass is 408 g/mol. The highest BCUT2D eigenvalue weighted by molar-refractivity contribution is 7.18. The third-order valence-corrected chi connectivity index (χ3v) is 6.20. The predicted octanol–water partition coefficient (Wildman–Crippen LogP) is 5.08. The highest BCUT2D eigenvalue weighted by atomic mass is 32.1. The number of carbonyl (C=O) groups is 1. The van der Waals surface area contributed by atoms with Crippen molar-refractivity contribution in [3.05, 3.63) is 59.1 Å². The van der Waals surface area contributed by atoms with E-state index < -0.39 is 0 Å². The lowest BCUT2D eigenvalue weighted by Crippen LogP contribution is -2.34. The van der Waals surface area contributed by atoms with Crippen LogP contribution >= 0.6 is 11.3 Å². The molecule has 3 aromatic rings. The molecule has 2 aromatic carbocycles. The number of hydrogen-bond donors (Lipinski definition) is 0. The van der Waals surface area contributed by atoms with Gasteiger partial charge in [0.25, 0.3) is 5.91 Å². The van der Waals surface area contributed by atoms with Crippen LogP contribution in [0, 0.1) is 0 Å². The molecule has 150 valence electrons. The number of allylic oxidation sites excluding steroid dienone is 1. The Morgan fingerprint density at radius 1 is 1.28 bits per heavy atom. The Morgan fingerprint density at radius 3 is 2.93 bits per heavy atom. The summed E-state index contributed by atoms with van der Waals surface area (Å²) in [7, 11) is 1.60. The molecular formula is C23H24N2O3S. The van der Waals surface area contributed by atoms with E-state index in [-0.39, 0.29) is 18.6 Å². The minimum atomic E-state index is -0.0219. The average Bonchev–Trinajstić information content (AvgIpc) is 3.39. The van der Waals surface area contributed by atoms with E-state index in [1.165, 1.54) is 0 Å². The van der Waals surface area contributed by atoms with Crippen molar-refractivity contribution in [3.63, 3.8) is 0 Å². The molecule has 0 aliphatic carbocycles. The van der Waals surface area contributed by atoms with Crippen molar-refractivity contribution in [1.82, 2.24) is 9.88 Å². The predicted molar refractivity (Wildman–Crippen MR) is 117 cm³/mol. The fourth-order valence-corrected chi connectivity index (χ4v) is 4.79. The van der Waals surface area contributed by atoms with Gasteiger partial charge in [0.1, 0.15) is 5.01 Å². The molecule has 1 aromatic heterocycles. The summed E-state index contributed by atoms with van der Waals surface area (Å²) in [5.41, 5.74) is 2.02. The molecule has 1 amide bonds. The van der Waals surface area contributed by atoms with Crippen molar-refractivity contribution < 1.29 is 14.3 Å². The summed E-state index contributed by atoms with van der Waals surface area (Å²) in [6, 6.07) is 13.8. The van der Waals surface area contributed by atoms with Crippen LogP contribution in [0.3, 0.4) is 0 Å². The molecule has 0 saturated carbocycles. The Hall–Kier alpha value is -2.86. The lowest BCUT2D eigenvalue weighted by Gasteiger charge is -2.23. The van der Waals surface area contributed by atoms with Gasteiger partial charge in [-0.05, 0) is 49.6 Å². The van der Waals surface area contributed by atoms with Crippen molar-refractivity contribution in [1.29, 1.82) is 0 Å². The van der Waals surface area contributed by atoms with Gasteiger partial charge in [0.2, 0.25) is 0 Å². The highest BCUT2D eigenvalue weighted by Gasteiger charge is 2.32. The second-order valence-electron chi connectivity index (χ2n) is 6.96. The second-order valence-corrected chi connectivity index (χ2v) is 8.03. The first-order chi connectivity index (χ1) is 14.2. The highest BCUT2D eigenvalue weighted by Crippen LogP contribution is 2.36. The minimum absolute atomic E-state index is 0.0132. The molecule has 0 radical (unpaired) electrons. The van der Waals surface area contributed by atoms with Gasteiger partial charge in [0.05, 0.1) is 23.4 Å². The van der Waals surface area contributed by atoms with E-state index in [1.807, 2.05) is 60.4 Å². The van der Waals surface area contributed by atoms with Crippen LogP contribution in [-0.2, 0) is 4.79 Å². The molecular weight excluding hydrogens is 384 g/mol. The number of methoxy groups -OCH3 is 1. The molecule has 5 nitrogen and oxygen atoms in total. The van der Waals surface area contributed by atoms with E-state index in [2.05, 4.69) is 6.07 Å². The number of hydrogen-bond acceptors (Lipinski definition) is 5. The van der Waals surface area contributed by atoms with E-state index in [1.54, 1.807) is 18.4 Å². The molecule has 1 unspecified atom stereocenters. The van der Waals surface area contributed by atoms with Crippen LogP contribution < -0.4 is 9.47 Å². The molecule has 0 bridgehead atoms. The average molecular weight is 409 g/mol. The number of nitrogens with zero attached hydrogens (tertiary/aromatic N) is 2. The van der Waals surface area contributed by atoms with Crippen molar-refractivity contribution in [2.45, 2.75) is 25.8 Å². The van der Waals surface area contributed by atoms with Crippen molar-refractivity contribution >= 4 is 33.5 Å². The number of carbonyl (C=O) groups excluding carboxylic acids is 1. The number of para-hydroxylation sites is 1. The second kappa shape index (κ2) is 8.66. The molecule has 6 heteroatoms. The van der Waals surface area contributed by atoms with Crippen molar-refractivity contribution in [3.8, 4) is 11.5 Å². The normalized spacial score (nSPS) is 16.6. The standard InChI is InChI=1S/C23H24N2O3S/c1-3-7-16-11-12-19(20(14-16)27-2)28-15-22(26)25-13-6-9-18(25)23-24-17-8-4-5-10-21(17)29-23/h3-5,7-8,10-12,14,18H,6,9,13,15H2,1-2H3/b7-3+. The lowest BCUT2D eigenvalue weighted by atomic mass is 10.2. The zero-order chi connectivity index (χ0) is 20.2. The first kappa shape index (κ1) is 19.5. The van der Waals surface area contributed by atoms with Gasteiger partial charge in [-0.1, -0.05) is 30.4 Å². The van der Waals surface area contributed by atoms with Gasteiger partial charge in [0, 0.05) is 6.54 Å². The van der Waals surface area contributed by atoms with Crippen LogP contribution in [-0.4, -0.2) is 36.1 Å². The first-order valence-electron chi connectivity index (χ1n) is 9.78. The van der Waals surface area contributed by atoms with Crippen LogP contribution in [0.5, 0.6) is 11.5 Å². The molecule has 2 heterocycles. The van der Waals surface area contributed by atoms with Crippen LogP contribution in [0.4, 0.5) is 0 Å². The van der Waals surface area contributed by atoms with E-state index in [9.17, 15) is 4.79 Å². The molecule has 1 aliphatic rings. The minimum Gasteiger partial charge on any atom is -0.493 e. The van der Waals surface area contributed by atoms with Gasteiger partial charge < -0.3 is 14.4 Å². The van der Waals surface area contributed by atoms with Gasteiger partial charge in [-0.2, -0.15) is 0 Å². The van der Waals surface area contributed by atoms with Crippen molar-refractivity contribution in [2.24, 2.45) is 0 Å². The molecule has 1 atom stereocenters. The van der Waals surface area contributed by atoms with E-state index in [4.69, 9.17) is 14.5 Å². The maximum atomic E-state index is 12.9. The van der Waals surface area contributed by atoms with Gasteiger partial charge in [-0.3, -0.25) is 4.79 Å². The largest absolute Gasteiger partial charge is 0.493 e. The van der Waals surface area contributed by atoms with Crippen LogP contribution in [0.1, 0.15) is 36.4 Å². The summed E-state index contributed by atoms with van der Waals surface area (Å²) in [5.74, 6) is 1.17. The molecule has 1 aliphatic heterocycles. The van der Waals surface area contributed by atoms with Crippen molar-refractivity contribution in [2.75, 3.05) is 20.3 Å². The molecule has 1 fully saturated rings. The number of benzene rings is 2. The molecule has 0 N–H and O–H groups in total. The maximum Gasteiger partial charge on any atom is 0.261 e. The Kier molecular flexibility index (Phi) is 5.81. The molecule has 0 spiro atoms. The summed E-state index contributed by atoms with van der Waals surface area (Å²) in [4.78, 5) is 19.6. The molecule has 1 saturated heterocycles. The zero-order valence-electron chi connectivity index (χ0n) is 16.6. The fraction of sp³-hybridized carbons (Fsp3) is 0.304. The Balaban J connectivity index is 1.46. The summed E-state index contributed by atoms with van der Waals surface area (Å²) in [5, 5.41) is 1.00. The number of fused-ring (bicyclic) bond motifs is 1. The summed E-state index contributed by atoms with van der Waals surface area (Å²) in [6.45, 7) is 2.69. The summed E-state index contributed by atoms with van der Waals surface area (Å²) < 4.78 is 12.4. The van der Waals surface area contributed by atoms with Crippen LogP contribution in [0.15, 0.2) is 48.5 Å². The summed E-state index contributed by atoms with van der Waals surface area (Å²) in [6.07, 6.45) is 5.87. The van der Waals surface area contributed by atoms with E-state index in [0.717, 1.165) is 40.2 Å². The Labute approximate surface area is 174 Å². The first-order valence-corrected chi connectivity index (χ1v) is 10.6. The number of likely N-dealkylation sites (tertiary alicyclic amines) is 1.